The number of nitrogens with two attached hydrogens (primary N) is 1. The fourth-order valence-corrected chi connectivity index (χ4v) is 2.51. The van der Waals surface area contributed by atoms with Crippen molar-refractivity contribution in [1.29, 1.82) is 0 Å². The largest absolute Gasteiger partial charge is 0.462 e. The van der Waals surface area contributed by atoms with E-state index in [1.165, 1.54) is 0 Å². The van der Waals surface area contributed by atoms with Crippen LogP contribution in [0.1, 0.15) is 53.5 Å². The number of ether oxygens (including phenoxy) is 1. The molecule has 2 N–H and O–H groups in total. The number of anilines is 1. The second kappa shape index (κ2) is 5.42. The minimum atomic E-state index is -0.525. The number of carbonyl (C=O) groups excluding carboxylic acids is 2. The van der Waals surface area contributed by atoms with Crippen LogP contribution in [0.3, 0.4) is 0 Å². The minimum absolute atomic E-state index is 0.0309. The van der Waals surface area contributed by atoms with Crippen LogP contribution in [0.25, 0.3) is 0 Å². The van der Waals surface area contributed by atoms with Crippen LogP contribution in [-0.2, 0) is 4.74 Å². The smallest absolute Gasteiger partial charge is 0.343 e. The molecule has 1 aromatic rings. The first kappa shape index (κ1) is 13.6. The van der Waals surface area contributed by atoms with Gasteiger partial charge in [-0.2, -0.15) is 9.78 Å². The van der Waals surface area contributed by atoms with Gasteiger partial charge in [0.15, 0.2) is 0 Å². The van der Waals surface area contributed by atoms with Gasteiger partial charge in [-0.25, -0.2) is 4.79 Å². The molecule has 0 aromatic carbocycles. The number of esters is 1. The van der Waals surface area contributed by atoms with Gasteiger partial charge in [-0.05, 0) is 26.7 Å². The van der Waals surface area contributed by atoms with E-state index in [1.54, 1.807) is 13.8 Å². The predicted molar refractivity (Wildman–Crippen MR) is 69.9 cm³/mol. The van der Waals surface area contributed by atoms with Gasteiger partial charge in [0.05, 0.1) is 12.3 Å². The normalized spacial score (nSPS) is 15.7. The second-order valence-corrected chi connectivity index (χ2v) is 4.80. The van der Waals surface area contributed by atoms with Gasteiger partial charge in [0.25, 0.3) is 5.91 Å². The van der Waals surface area contributed by atoms with E-state index in [2.05, 4.69) is 5.10 Å². The highest BCUT2D eigenvalue weighted by atomic mass is 16.5. The summed E-state index contributed by atoms with van der Waals surface area (Å²) >= 11 is 0. The second-order valence-electron chi connectivity index (χ2n) is 4.80. The summed E-state index contributed by atoms with van der Waals surface area (Å²) in [5, 5.41) is 4.10. The zero-order valence-corrected chi connectivity index (χ0v) is 11.3. The average Bonchev–Trinajstić information content (AvgIpc) is 2.97. The number of aryl methyl sites for hydroxylation is 1. The van der Waals surface area contributed by atoms with Gasteiger partial charge in [0.1, 0.15) is 11.4 Å². The molecule has 104 valence electrons. The highest BCUT2D eigenvalue weighted by molar-refractivity contribution is 5.98. The maximum Gasteiger partial charge on any atom is 0.343 e. The SMILES string of the molecule is CCOC(=O)c1c(C)nn(C(=O)C2CCCC2)c1N. The Morgan fingerprint density at radius 3 is 2.63 bits per heavy atom. The summed E-state index contributed by atoms with van der Waals surface area (Å²) in [6, 6.07) is 0. The van der Waals surface area contributed by atoms with E-state index < -0.39 is 5.97 Å². The number of hydrogen-bond donors (Lipinski definition) is 1. The van der Waals surface area contributed by atoms with Crippen LogP contribution in [0.15, 0.2) is 0 Å². The van der Waals surface area contributed by atoms with Crippen LogP contribution >= 0.6 is 0 Å². The summed E-state index contributed by atoms with van der Waals surface area (Å²) in [5.41, 5.74) is 6.52. The molecule has 2 rings (SSSR count). The van der Waals surface area contributed by atoms with Crippen LogP contribution in [0.5, 0.6) is 0 Å². The van der Waals surface area contributed by atoms with E-state index in [4.69, 9.17) is 10.5 Å². The van der Waals surface area contributed by atoms with Crippen molar-refractivity contribution in [2.24, 2.45) is 5.92 Å². The third-order valence-electron chi connectivity index (χ3n) is 3.49. The summed E-state index contributed by atoms with van der Waals surface area (Å²) in [7, 11) is 0. The molecule has 0 radical (unpaired) electrons. The molecular formula is C13H19N3O3. The fraction of sp³-hybridized carbons (Fsp3) is 0.615. The Balaban J connectivity index is 2.30. The first-order chi connectivity index (χ1) is 9.06. The van der Waals surface area contributed by atoms with Gasteiger partial charge in [-0.1, -0.05) is 12.8 Å². The molecule has 0 bridgehead atoms. The van der Waals surface area contributed by atoms with Gasteiger partial charge >= 0.3 is 5.97 Å². The molecule has 1 aliphatic carbocycles. The van der Waals surface area contributed by atoms with Crippen molar-refractivity contribution in [2.45, 2.75) is 39.5 Å². The van der Waals surface area contributed by atoms with Crippen molar-refractivity contribution in [1.82, 2.24) is 9.78 Å². The zero-order valence-electron chi connectivity index (χ0n) is 11.3. The molecule has 0 saturated heterocycles. The molecular weight excluding hydrogens is 246 g/mol. The Kier molecular flexibility index (Phi) is 3.87. The third-order valence-corrected chi connectivity index (χ3v) is 3.49. The van der Waals surface area contributed by atoms with Crippen LogP contribution < -0.4 is 5.73 Å². The van der Waals surface area contributed by atoms with Gasteiger partial charge in [-0.3, -0.25) is 4.79 Å². The topological polar surface area (TPSA) is 87.2 Å². The summed E-state index contributed by atoms with van der Waals surface area (Å²) in [5.74, 6) is -0.582. The maximum absolute atomic E-state index is 12.3. The first-order valence-corrected chi connectivity index (χ1v) is 6.62. The number of nitrogens with zero attached hydrogens (tertiary/aromatic N) is 2. The number of hydrogen-bond acceptors (Lipinski definition) is 5. The van der Waals surface area contributed by atoms with Crippen molar-refractivity contribution < 1.29 is 14.3 Å². The van der Waals surface area contributed by atoms with Crippen molar-refractivity contribution in [3.05, 3.63) is 11.3 Å². The lowest BCUT2D eigenvalue weighted by atomic mass is 10.1. The Hall–Kier alpha value is -1.85. The monoisotopic (exact) mass is 265 g/mol. The van der Waals surface area contributed by atoms with E-state index in [0.717, 1.165) is 30.4 Å². The van der Waals surface area contributed by atoms with Crippen molar-refractivity contribution in [2.75, 3.05) is 12.3 Å². The van der Waals surface area contributed by atoms with Gasteiger partial charge in [-0.15, -0.1) is 0 Å². The van der Waals surface area contributed by atoms with Crippen molar-refractivity contribution in [3.63, 3.8) is 0 Å². The zero-order chi connectivity index (χ0) is 14.0. The molecule has 0 unspecified atom stereocenters. The predicted octanol–water partition coefficient (Wildman–Crippen LogP) is 1.78. The highest BCUT2D eigenvalue weighted by Gasteiger charge is 2.29. The number of carbonyl (C=O) groups is 2. The molecule has 1 aliphatic rings. The van der Waals surface area contributed by atoms with Gasteiger partial charge < -0.3 is 10.5 Å². The summed E-state index contributed by atoms with van der Waals surface area (Å²) in [6.45, 7) is 3.64. The molecule has 1 fully saturated rings. The number of aromatic nitrogens is 2. The van der Waals surface area contributed by atoms with E-state index in [0.29, 0.717) is 5.69 Å². The molecule has 1 aromatic heterocycles. The Morgan fingerprint density at radius 2 is 2.05 bits per heavy atom. The molecule has 0 atom stereocenters. The molecule has 0 spiro atoms. The minimum Gasteiger partial charge on any atom is -0.462 e. The molecule has 0 aliphatic heterocycles. The van der Waals surface area contributed by atoms with Crippen LogP contribution in [0, 0.1) is 12.8 Å². The third kappa shape index (κ3) is 2.47. The summed E-state index contributed by atoms with van der Waals surface area (Å²) in [6.07, 6.45) is 3.85. The maximum atomic E-state index is 12.3. The molecule has 0 amide bonds. The number of nitrogen functional groups attached to an aromatic ring is 1. The van der Waals surface area contributed by atoms with E-state index >= 15 is 0 Å². The van der Waals surface area contributed by atoms with Crippen molar-refractivity contribution in [3.8, 4) is 0 Å². The molecule has 19 heavy (non-hydrogen) atoms. The standard InChI is InChI=1S/C13H19N3O3/c1-3-19-13(18)10-8(2)15-16(11(10)14)12(17)9-6-4-5-7-9/h9H,3-7,14H2,1-2H3. The molecule has 6 nitrogen and oxygen atoms in total. The van der Waals surface area contributed by atoms with Crippen LogP contribution in [0.2, 0.25) is 0 Å². The lowest BCUT2D eigenvalue weighted by Crippen LogP contribution is -2.22. The Morgan fingerprint density at radius 1 is 1.42 bits per heavy atom. The fourth-order valence-electron chi connectivity index (χ4n) is 2.51. The highest BCUT2D eigenvalue weighted by Crippen LogP contribution is 2.28. The van der Waals surface area contributed by atoms with Crippen LogP contribution in [-0.4, -0.2) is 28.3 Å². The molecule has 1 saturated carbocycles. The van der Waals surface area contributed by atoms with E-state index in [9.17, 15) is 9.59 Å². The Labute approximate surface area is 111 Å². The quantitative estimate of drug-likeness (QED) is 0.842. The molecule has 6 heteroatoms. The lowest BCUT2D eigenvalue weighted by Gasteiger charge is -2.08. The van der Waals surface area contributed by atoms with Gasteiger partial charge in [0.2, 0.25) is 0 Å². The van der Waals surface area contributed by atoms with Crippen molar-refractivity contribution >= 4 is 17.7 Å². The average molecular weight is 265 g/mol. The van der Waals surface area contributed by atoms with Crippen LogP contribution in [0.4, 0.5) is 5.82 Å². The number of rotatable bonds is 3. The van der Waals surface area contributed by atoms with E-state index in [-0.39, 0.29) is 29.8 Å². The lowest BCUT2D eigenvalue weighted by molar-refractivity contribution is 0.0527. The summed E-state index contributed by atoms with van der Waals surface area (Å²) < 4.78 is 6.09. The summed E-state index contributed by atoms with van der Waals surface area (Å²) in [4.78, 5) is 24.1. The first-order valence-electron chi connectivity index (χ1n) is 6.62. The Bertz CT molecular complexity index is 501. The van der Waals surface area contributed by atoms with E-state index in [1.807, 2.05) is 0 Å². The molecule has 1 heterocycles. The van der Waals surface area contributed by atoms with Gasteiger partial charge in [0, 0.05) is 5.92 Å².